The Kier molecular flexibility index (Phi) is 4.70. The van der Waals surface area contributed by atoms with Crippen molar-refractivity contribution in [1.82, 2.24) is 10.7 Å². The molecule has 0 fully saturated rings. The van der Waals surface area contributed by atoms with Crippen LogP contribution in [0.25, 0.3) is 0 Å². The molecule has 0 amide bonds. The molecular weight excluding hydrogens is 174 g/mol. The summed E-state index contributed by atoms with van der Waals surface area (Å²) < 4.78 is 0. The van der Waals surface area contributed by atoms with Gasteiger partial charge in [0.2, 0.25) is 0 Å². The number of nitrogens with two attached hydrogens (primary N) is 1. The smallest absolute Gasteiger partial charge is 0.0267 e. The maximum absolute atomic E-state index is 5.31. The van der Waals surface area contributed by atoms with E-state index >= 15 is 0 Å². The van der Waals surface area contributed by atoms with Crippen molar-refractivity contribution >= 4 is 0 Å². The number of hydrogen-bond acceptors (Lipinski definition) is 3. The Bertz CT molecular complexity index is 221. The Morgan fingerprint density at radius 3 is 2.86 bits per heavy atom. The molecule has 0 spiro atoms. The molecule has 0 aromatic carbocycles. The van der Waals surface area contributed by atoms with Crippen LogP contribution in [-0.2, 0) is 0 Å². The molecule has 0 aliphatic heterocycles. The highest BCUT2D eigenvalue weighted by Gasteiger charge is 2.11. The van der Waals surface area contributed by atoms with Gasteiger partial charge in [-0.1, -0.05) is 19.1 Å². The Hall–Kier alpha value is -0.800. The van der Waals surface area contributed by atoms with E-state index in [1.54, 1.807) is 0 Å². The zero-order chi connectivity index (χ0) is 10.4. The fraction of sp³-hybridized carbons (Fsp3) is 0.636. The third-order valence-corrected chi connectivity index (χ3v) is 2.61. The van der Waals surface area contributed by atoms with Crippen LogP contribution in [0.15, 0.2) is 23.9 Å². The van der Waals surface area contributed by atoms with Crippen LogP contribution in [0.3, 0.4) is 0 Å². The minimum Gasteiger partial charge on any atom is -0.329 e. The third-order valence-electron chi connectivity index (χ3n) is 2.61. The monoisotopic (exact) mass is 195 g/mol. The maximum Gasteiger partial charge on any atom is 0.0267 e. The van der Waals surface area contributed by atoms with E-state index < -0.39 is 0 Å². The molecule has 3 heteroatoms. The van der Waals surface area contributed by atoms with Crippen LogP contribution in [0.5, 0.6) is 0 Å². The molecule has 14 heavy (non-hydrogen) atoms. The van der Waals surface area contributed by atoms with Gasteiger partial charge in [-0.25, -0.2) is 0 Å². The Balaban J connectivity index is 2.26. The van der Waals surface area contributed by atoms with E-state index in [9.17, 15) is 0 Å². The highest BCUT2D eigenvalue weighted by Crippen LogP contribution is 2.15. The molecule has 1 aliphatic rings. The molecule has 0 saturated carbocycles. The van der Waals surface area contributed by atoms with Crippen molar-refractivity contribution in [3.8, 4) is 0 Å². The molecule has 0 heterocycles. The van der Waals surface area contributed by atoms with E-state index in [0.29, 0.717) is 6.04 Å². The summed E-state index contributed by atoms with van der Waals surface area (Å²) >= 11 is 0. The second kappa shape index (κ2) is 5.83. The van der Waals surface area contributed by atoms with Gasteiger partial charge in [0, 0.05) is 18.3 Å². The lowest BCUT2D eigenvalue weighted by Crippen LogP contribution is -2.33. The average Bonchev–Trinajstić information content (AvgIpc) is 2.13. The van der Waals surface area contributed by atoms with Crippen molar-refractivity contribution in [2.75, 3.05) is 6.54 Å². The number of hydrogen-bond donors (Lipinski definition) is 3. The van der Waals surface area contributed by atoms with Crippen molar-refractivity contribution in [1.29, 1.82) is 0 Å². The maximum atomic E-state index is 5.31. The molecule has 0 radical (unpaired) electrons. The first-order valence-corrected chi connectivity index (χ1v) is 5.31. The van der Waals surface area contributed by atoms with Crippen molar-refractivity contribution in [3.63, 3.8) is 0 Å². The van der Waals surface area contributed by atoms with Gasteiger partial charge < -0.3 is 10.7 Å². The highest BCUT2D eigenvalue weighted by molar-refractivity contribution is 5.05. The molecule has 1 rings (SSSR count). The van der Waals surface area contributed by atoms with Gasteiger partial charge in [0.1, 0.15) is 0 Å². The van der Waals surface area contributed by atoms with Gasteiger partial charge in [-0.2, -0.15) is 0 Å². The lowest BCUT2D eigenvalue weighted by Gasteiger charge is -2.21. The van der Waals surface area contributed by atoms with Gasteiger partial charge in [0.15, 0.2) is 0 Å². The quantitative estimate of drug-likeness (QED) is 0.340. The SMILES string of the molecule is CCC(/C=C(\C)NN)NCC1C=CC1. The van der Waals surface area contributed by atoms with E-state index in [0.717, 1.165) is 24.6 Å². The summed E-state index contributed by atoms with van der Waals surface area (Å²) in [5.74, 6) is 6.05. The fourth-order valence-electron chi connectivity index (χ4n) is 1.45. The van der Waals surface area contributed by atoms with Crippen LogP contribution in [-0.4, -0.2) is 12.6 Å². The van der Waals surface area contributed by atoms with Gasteiger partial charge in [0.25, 0.3) is 0 Å². The molecule has 1 aliphatic carbocycles. The van der Waals surface area contributed by atoms with Gasteiger partial charge in [0.05, 0.1) is 0 Å². The predicted octanol–water partition coefficient (Wildman–Crippen LogP) is 1.30. The van der Waals surface area contributed by atoms with Gasteiger partial charge in [-0.15, -0.1) is 0 Å². The first-order chi connectivity index (χ1) is 6.76. The Labute approximate surface area is 86.4 Å². The number of rotatable bonds is 6. The van der Waals surface area contributed by atoms with Crippen LogP contribution in [0, 0.1) is 5.92 Å². The lowest BCUT2D eigenvalue weighted by atomic mass is 9.95. The molecule has 3 nitrogen and oxygen atoms in total. The van der Waals surface area contributed by atoms with Crippen LogP contribution in [0.4, 0.5) is 0 Å². The van der Waals surface area contributed by atoms with Crippen molar-refractivity contribution in [2.45, 2.75) is 32.7 Å². The highest BCUT2D eigenvalue weighted by atomic mass is 15.2. The minimum atomic E-state index is 0.431. The molecular formula is C11H21N3. The number of nitrogens with one attached hydrogen (secondary N) is 2. The predicted molar refractivity (Wildman–Crippen MR) is 60.4 cm³/mol. The summed E-state index contributed by atoms with van der Waals surface area (Å²) in [7, 11) is 0. The number of allylic oxidation sites excluding steroid dienone is 2. The van der Waals surface area contributed by atoms with Gasteiger partial charge >= 0.3 is 0 Å². The third kappa shape index (κ3) is 3.52. The summed E-state index contributed by atoms with van der Waals surface area (Å²) in [6, 6.07) is 0.431. The van der Waals surface area contributed by atoms with Gasteiger partial charge in [-0.05, 0) is 31.8 Å². The molecule has 80 valence electrons. The normalized spacial score (nSPS) is 23.1. The lowest BCUT2D eigenvalue weighted by molar-refractivity contribution is 0.487. The van der Waals surface area contributed by atoms with E-state index in [2.05, 4.69) is 35.9 Å². The second-order valence-electron chi connectivity index (χ2n) is 3.84. The molecule has 2 unspecified atom stereocenters. The van der Waals surface area contributed by atoms with E-state index in [-0.39, 0.29) is 0 Å². The van der Waals surface area contributed by atoms with E-state index in [1.807, 2.05) is 6.92 Å². The topological polar surface area (TPSA) is 50.1 Å². The average molecular weight is 195 g/mol. The Morgan fingerprint density at radius 2 is 2.43 bits per heavy atom. The number of hydrazine groups is 1. The summed E-state index contributed by atoms with van der Waals surface area (Å²) in [5.41, 5.74) is 3.67. The summed E-state index contributed by atoms with van der Waals surface area (Å²) in [4.78, 5) is 0. The molecule has 4 N–H and O–H groups in total. The summed E-state index contributed by atoms with van der Waals surface area (Å²) in [6.45, 7) is 5.23. The fourth-order valence-corrected chi connectivity index (χ4v) is 1.45. The molecule has 0 saturated heterocycles. The first kappa shape index (κ1) is 11.3. The van der Waals surface area contributed by atoms with Crippen LogP contribution >= 0.6 is 0 Å². The van der Waals surface area contributed by atoms with Crippen LogP contribution in [0.1, 0.15) is 26.7 Å². The van der Waals surface area contributed by atoms with Crippen LogP contribution in [0.2, 0.25) is 0 Å². The molecule has 0 aromatic heterocycles. The Morgan fingerprint density at radius 1 is 1.71 bits per heavy atom. The molecule has 0 aromatic rings. The zero-order valence-electron chi connectivity index (χ0n) is 9.09. The second-order valence-corrected chi connectivity index (χ2v) is 3.84. The minimum absolute atomic E-state index is 0.431. The van der Waals surface area contributed by atoms with Crippen LogP contribution < -0.4 is 16.6 Å². The van der Waals surface area contributed by atoms with Gasteiger partial charge in [-0.3, -0.25) is 5.84 Å². The van der Waals surface area contributed by atoms with Crippen molar-refractivity contribution in [2.24, 2.45) is 11.8 Å². The first-order valence-electron chi connectivity index (χ1n) is 5.31. The van der Waals surface area contributed by atoms with Crippen molar-refractivity contribution < 1.29 is 0 Å². The largest absolute Gasteiger partial charge is 0.329 e. The zero-order valence-corrected chi connectivity index (χ0v) is 9.09. The van der Waals surface area contributed by atoms with E-state index in [4.69, 9.17) is 5.84 Å². The standard InChI is InChI=1S/C11H21N3/c1-3-11(7-9(2)14-12)13-8-10-5-4-6-10/h4-5,7,10-11,13-14H,3,6,8,12H2,1-2H3/b9-7+. The van der Waals surface area contributed by atoms with Crippen molar-refractivity contribution in [3.05, 3.63) is 23.9 Å². The molecule has 0 bridgehead atoms. The summed E-state index contributed by atoms with van der Waals surface area (Å²) in [6.07, 6.45) is 8.94. The summed E-state index contributed by atoms with van der Waals surface area (Å²) in [5, 5.41) is 3.51. The van der Waals surface area contributed by atoms with E-state index in [1.165, 1.54) is 6.42 Å². The molecule has 2 atom stereocenters.